The van der Waals surface area contributed by atoms with E-state index in [0.29, 0.717) is 5.75 Å². The van der Waals surface area contributed by atoms with E-state index in [1.165, 1.54) is 0 Å². The number of alkyl halides is 1. The van der Waals surface area contributed by atoms with Gasteiger partial charge < -0.3 is 5.73 Å². The Hall–Kier alpha value is 0.400. The smallest absolute Gasteiger partial charge is 0.0980 e. The van der Waals surface area contributed by atoms with E-state index in [1.54, 1.807) is 0 Å². The van der Waals surface area contributed by atoms with Crippen molar-refractivity contribution >= 4 is 22.4 Å². The Balaban J connectivity index is 3.25. The van der Waals surface area contributed by atoms with Gasteiger partial charge in [0.05, 0.1) is 5.21 Å². The van der Waals surface area contributed by atoms with Gasteiger partial charge in [0, 0.05) is 22.6 Å². The standard InChI is InChI=1S/C4H10ClNOS/c1-4(6)2-8(7)3-5/h4H,2-3,6H2,1H3/t4-,8?/m0/s1. The Labute approximate surface area is 56.9 Å². The van der Waals surface area contributed by atoms with Gasteiger partial charge in [-0.15, -0.1) is 11.6 Å². The first-order chi connectivity index (χ1) is 3.66. The number of rotatable bonds is 3. The molecule has 1 unspecified atom stereocenters. The molecule has 2 atom stereocenters. The minimum Gasteiger partial charge on any atom is -0.327 e. The summed E-state index contributed by atoms with van der Waals surface area (Å²) < 4.78 is 10.5. The second kappa shape index (κ2) is 4.30. The summed E-state index contributed by atoms with van der Waals surface area (Å²) in [5.74, 6) is 0.503. The van der Waals surface area contributed by atoms with Crippen LogP contribution < -0.4 is 5.73 Å². The van der Waals surface area contributed by atoms with E-state index in [9.17, 15) is 4.21 Å². The molecule has 2 N–H and O–H groups in total. The van der Waals surface area contributed by atoms with E-state index in [1.807, 2.05) is 6.92 Å². The van der Waals surface area contributed by atoms with Crippen molar-refractivity contribution in [3.8, 4) is 0 Å². The molecular formula is C4H10ClNOS. The summed E-state index contributed by atoms with van der Waals surface area (Å²) in [6.45, 7) is 1.81. The lowest BCUT2D eigenvalue weighted by Crippen LogP contribution is -2.23. The molecule has 0 aromatic rings. The highest BCUT2D eigenvalue weighted by Gasteiger charge is 1.99. The minimum atomic E-state index is -0.917. The third kappa shape index (κ3) is 4.56. The monoisotopic (exact) mass is 155 g/mol. The van der Waals surface area contributed by atoms with Crippen LogP contribution in [0.5, 0.6) is 0 Å². The Morgan fingerprint density at radius 3 is 2.50 bits per heavy atom. The maximum absolute atomic E-state index is 10.5. The molecule has 0 amide bonds. The Morgan fingerprint density at radius 1 is 1.88 bits per heavy atom. The normalized spacial score (nSPS) is 17.9. The zero-order valence-electron chi connectivity index (χ0n) is 4.76. The third-order valence-electron chi connectivity index (χ3n) is 0.570. The van der Waals surface area contributed by atoms with Crippen LogP contribution in [0.3, 0.4) is 0 Å². The first kappa shape index (κ1) is 8.40. The topological polar surface area (TPSA) is 43.1 Å². The molecule has 2 nitrogen and oxygen atoms in total. The number of nitrogens with two attached hydrogens (primary N) is 1. The fraction of sp³-hybridized carbons (Fsp3) is 1.00. The molecule has 0 saturated carbocycles. The molecule has 4 heteroatoms. The van der Waals surface area contributed by atoms with Crippen molar-refractivity contribution in [1.82, 2.24) is 0 Å². The molecule has 0 rings (SSSR count). The SMILES string of the molecule is C[C@H](N)CS(=O)CCl. The molecule has 0 saturated heterocycles. The summed E-state index contributed by atoms with van der Waals surface area (Å²) >= 11 is 5.24. The lowest BCUT2D eigenvalue weighted by atomic mass is 10.4. The third-order valence-corrected chi connectivity index (χ3v) is 2.44. The van der Waals surface area contributed by atoms with Gasteiger partial charge in [-0.3, -0.25) is 4.21 Å². The van der Waals surface area contributed by atoms with Crippen molar-refractivity contribution in [1.29, 1.82) is 0 Å². The molecule has 0 aromatic heterocycles. The quantitative estimate of drug-likeness (QED) is 0.595. The average Bonchev–Trinajstić information content (AvgIpc) is 1.65. The van der Waals surface area contributed by atoms with Crippen molar-refractivity contribution in [2.75, 3.05) is 11.0 Å². The zero-order valence-corrected chi connectivity index (χ0v) is 6.34. The predicted octanol–water partition coefficient (Wildman–Crippen LogP) is 0.279. The first-order valence-corrected chi connectivity index (χ1v) is 4.35. The van der Waals surface area contributed by atoms with E-state index >= 15 is 0 Å². The lowest BCUT2D eigenvalue weighted by Gasteiger charge is -1.99. The molecule has 50 valence electrons. The van der Waals surface area contributed by atoms with E-state index in [2.05, 4.69) is 0 Å². The van der Waals surface area contributed by atoms with Crippen LogP contribution in [-0.2, 0) is 10.8 Å². The molecule has 0 aromatic carbocycles. The molecule has 0 radical (unpaired) electrons. The van der Waals surface area contributed by atoms with Gasteiger partial charge in [-0.25, -0.2) is 0 Å². The van der Waals surface area contributed by atoms with Crippen LogP contribution >= 0.6 is 11.6 Å². The van der Waals surface area contributed by atoms with Gasteiger partial charge in [0.2, 0.25) is 0 Å². The molecule has 0 fully saturated rings. The number of hydrogen-bond acceptors (Lipinski definition) is 2. The highest BCUT2D eigenvalue weighted by molar-refractivity contribution is 7.86. The summed E-state index contributed by atoms with van der Waals surface area (Å²) in [5.41, 5.74) is 5.32. The molecule has 8 heavy (non-hydrogen) atoms. The van der Waals surface area contributed by atoms with E-state index in [4.69, 9.17) is 17.3 Å². The highest BCUT2D eigenvalue weighted by atomic mass is 35.5. The average molecular weight is 156 g/mol. The Bertz CT molecular complexity index is 86.1. The van der Waals surface area contributed by atoms with Gasteiger partial charge >= 0.3 is 0 Å². The van der Waals surface area contributed by atoms with Crippen LogP contribution in [0, 0.1) is 0 Å². The maximum Gasteiger partial charge on any atom is 0.0980 e. The van der Waals surface area contributed by atoms with E-state index in [-0.39, 0.29) is 11.3 Å². The molecule has 0 heterocycles. The predicted molar refractivity (Wildman–Crippen MR) is 37.4 cm³/mol. The highest BCUT2D eigenvalue weighted by Crippen LogP contribution is 1.87. The van der Waals surface area contributed by atoms with Crippen molar-refractivity contribution in [3.63, 3.8) is 0 Å². The van der Waals surface area contributed by atoms with Crippen molar-refractivity contribution in [3.05, 3.63) is 0 Å². The van der Waals surface area contributed by atoms with Crippen molar-refractivity contribution in [2.24, 2.45) is 5.73 Å². The van der Waals surface area contributed by atoms with E-state index < -0.39 is 10.8 Å². The minimum absolute atomic E-state index is 0.00502. The molecule has 0 spiro atoms. The summed E-state index contributed by atoms with van der Waals surface area (Å²) in [5, 5.41) is 0.196. The largest absolute Gasteiger partial charge is 0.327 e. The van der Waals surface area contributed by atoms with Crippen molar-refractivity contribution < 1.29 is 4.21 Å². The summed E-state index contributed by atoms with van der Waals surface area (Å²) in [4.78, 5) is 0. The molecule has 0 aliphatic heterocycles. The molecule has 0 bridgehead atoms. The number of halogens is 1. The van der Waals surface area contributed by atoms with Crippen LogP contribution in [-0.4, -0.2) is 21.2 Å². The van der Waals surface area contributed by atoms with Crippen LogP contribution in [0.15, 0.2) is 0 Å². The van der Waals surface area contributed by atoms with Gasteiger partial charge in [0.25, 0.3) is 0 Å². The zero-order chi connectivity index (χ0) is 6.57. The van der Waals surface area contributed by atoms with Gasteiger partial charge in [0.15, 0.2) is 0 Å². The van der Waals surface area contributed by atoms with E-state index in [0.717, 1.165) is 0 Å². The summed E-state index contributed by atoms with van der Waals surface area (Å²) in [7, 11) is -0.917. The first-order valence-electron chi connectivity index (χ1n) is 2.33. The second-order valence-electron chi connectivity index (χ2n) is 1.69. The number of hydrogen-bond donors (Lipinski definition) is 1. The van der Waals surface area contributed by atoms with Crippen LogP contribution in [0.4, 0.5) is 0 Å². The van der Waals surface area contributed by atoms with Gasteiger partial charge in [-0.1, -0.05) is 0 Å². The van der Waals surface area contributed by atoms with Crippen LogP contribution in [0.25, 0.3) is 0 Å². The Morgan fingerprint density at radius 2 is 2.38 bits per heavy atom. The fourth-order valence-corrected chi connectivity index (χ4v) is 1.28. The molecule has 0 aliphatic rings. The summed E-state index contributed by atoms with van der Waals surface area (Å²) in [6, 6.07) is -0.00502. The maximum atomic E-state index is 10.5. The summed E-state index contributed by atoms with van der Waals surface area (Å²) in [6.07, 6.45) is 0. The molecule has 0 aliphatic carbocycles. The van der Waals surface area contributed by atoms with Crippen LogP contribution in [0.2, 0.25) is 0 Å². The van der Waals surface area contributed by atoms with Gasteiger partial charge in [-0.2, -0.15) is 0 Å². The lowest BCUT2D eigenvalue weighted by molar-refractivity contribution is 0.679. The second-order valence-corrected chi connectivity index (χ2v) is 3.78. The van der Waals surface area contributed by atoms with Gasteiger partial charge in [-0.05, 0) is 6.92 Å². The molecular weight excluding hydrogens is 146 g/mol. The van der Waals surface area contributed by atoms with Gasteiger partial charge in [0.1, 0.15) is 0 Å². The van der Waals surface area contributed by atoms with Crippen molar-refractivity contribution in [2.45, 2.75) is 13.0 Å². The van der Waals surface area contributed by atoms with Crippen LogP contribution in [0.1, 0.15) is 6.92 Å². The fourth-order valence-electron chi connectivity index (χ4n) is 0.338. The Kier molecular flexibility index (Phi) is 4.51.